The monoisotopic (exact) mass is 364 g/mol. The molecular weight excluding hydrogens is 336 g/mol. The lowest BCUT2D eigenvalue weighted by Gasteiger charge is -2.29. The number of rotatable bonds is 7. The number of amides is 1. The van der Waals surface area contributed by atoms with Crippen LogP contribution in [0.2, 0.25) is 0 Å². The Morgan fingerprint density at radius 1 is 1.44 bits per heavy atom. The Bertz CT molecular complexity index is 565. The van der Waals surface area contributed by atoms with E-state index in [1.165, 1.54) is 18.4 Å². The molecular formula is C19H28N2O3S. The van der Waals surface area contributed by atoms with Gasteiger partial charge >= 0.3 is 0 Å². The van der Waals surface area contributed by atoms with Gasteiger partial charge in [0.05, 0.1) is 13.2 Å². The van der Waals surface area contributed by atoms with E-state index < -0.39 is 0 Å². The molecule has 0 bridgehead atoms. The SMILES string of the molecule is O=C(COC[C@@H]1CCOC1)N(Cc1ccsc1)[C@H]1CC12CCNCC2. The number of hydrogen-bond donors (Lipinski definition) is 1. The number of carbonyl (C=O) groups is 1. The number of hydrogen-bond acceptors (Lipinski definition) is 5. The van der Waals surface area contributed by atoms with Gasteiger partial charge < -0.3 is 19.7 Å². The van der Waals surface area contributed by atoms with Crippen LogP contribution in [0, 0.1) is 11.3 Å². The minimum absolute atomic E-state index is 0.144. The van der Waals surface area contributed by atoms with Crippen molar-refractivity contribution in [1.29, 1.82) is 0 Å². The van der Waals surface area contributed by atoms with Gasteiger partial charge in [-0.05, 0) is 66.6 Å². The van der Waals surface area contributed by atoms with Gasteiger partial charge in [-0.25, -0.2) is 0 Å². The summed E-state index contributed by atoms with van der Waals surface area (Å²) in [6.07, 6.45) is 4.57. The van der Waals surface area contributed by atoms with Crippen molar-refractivity contribution in [2.24, 2.45) is 11.3 Å². The first kappa shape index (κ1) is 17.5. The fraction of sp³-hybridized carbons (Fsp3) is 0.737. The van der Waals surface area contributed by atoms with E-state index in [4.69, 9.17) is 9.47 Å². The maximum Gasteiger partial charge on any atom is 0.249 e. The van der Waals surface area contributed by atoms with Crippen molar-refractivity contribution in [2.45, 2.75) is 38.3 Å². The van der Waals surface area contributed by atoms with E-state index in [0.29, 0.717) is 24.0 Å². The lowest BCUT2D eigenvalue weighted by atomic mass is 9.93. The van der Waals surface area contributed by atoms with Gasteiger partial charge in [-0.15, -0.1) is 0 Å². The van der Waals surface area contributed by atoms with E-state index >= 15 is 0 Å². The molecule has 1 spiro atoms. The van der Waals surface area contributed by atoms with Crippen LogP contribution in [0.25, 0.3) is 0 Å². The third-order valence-corrected chi connectivity index (χ3v) is 6.71. The number of carbonyl (C=O) groups excluding carboxylic acids is 1. The summed E-state index contributed by atoms with van der Waals surface area (Å²) in [4.78, 5) is 15.0. The van der Waals surface area contributed by atoms with Gasteiger partial charge in [0.1, 0.15) is 6.61 Å². The molecule has 0 unspecified atom stereocenters. The quantitative estimate of drug-likeness (QED) is 0.806. The zero-order valence-electron chi connectivity index (χ0n) is 14.7. The maximum absolute atomic E-state index is 12.9. The van der Waals surface area contributed by atoms with Crippen LogP contribution in [-0.4, -0.2) is 56.4 Å². The van der Waals surface area contributed by atoms with Gasteiger partial charge in [-0.3, -0.25) is 4.79 Å². The second-order valence-electron chi connectivity index (χ2n) is 7.73. The van der Waals surface area contributed by atoms with E-state index in [9.17, 15) is 4.79 Å². The minimum Gasteiger partial charge on any atom is -0.381 e. The molecule has 25 heavy (non-hydrogen) atoms. The van der Waals surface area contributed by atoms with Crippen molar-refractivity contribution in [3.05, 3.63) is 22.4 Å². The van der Waals surface area contributed by atoms with Crippen molar-refractivity contribution in [3.63, 3.8) is 0 Å². The van der Waals surface area contributed by atoms with Crippen LogP contribution in [0.15, 0.2) is 16.8 Å². The highest BCUT2D eigenvalue weighted by Crippen LogP contribution is 2.56. The molecule has 4 rings (SSSR count). The van der Waals surface area contributed by atoms with Crippen LogP contribution in [0.3, 0.4) is 0 Å². The van der Waals surface area contributed by atoms with Crippen molar-refractivity contribution in [2.75, 3.05) is 39.5 Å². The normalized spacial score (nSPS) is 27.5. The number of nitrogens with one attached hydrogen (secondary N) is 1. The van der Waals surface area contributed by atoms with Crippen LogP contribution in [0.5, 0.6) is 0 Å². The molecule has 3 fully saturated rings. The van der Waals surface area contributed by atoms with Gasteiger partial charge in [0.15, 0.2) is 0 Å². The Morgan fingerprint density at radius 3 is 3.04 bits per heavy atom. The molecule has 2 saturated heterocycles. The first-order chi connectivity index (χ1) is 12.3. The van der Waals surface area contributed by atoms with E-state index in [-0.39, 0.29) is 12.5 Å². The van der Waals surface area contributed by atoms with Gasteiger partial charge in [-0.1, -0.05) is 0 Å². The molecule has 6 heteroatoms. The zero-order chi connectivity index (χ0) is 17.1. The number of nitrogens with zero attached hydrogens (tertiary/aromatic N) is 1. The van der Waals surface area contributed by atoms with Crippen molar-refractivity contribution >= 4 is 17.2 Å². The minimum atomic E-state index is 0.144. The highest BCUT2D eigenvalue weighted by molar-refractivity contribution is 7.07. The van der Waals surface area contributed by atoms with Gasteiger partial charge in [-0.2, -0.15) is 11.3 Å². The molecule has 2 aliphatic heterocycles. The third-order valence-electron chi connectivity index (χ3n) is 5.98. The summed E-state index contributed by atoms with van der Waals surface area (Å²) in [6.45, 7) is 5.31. The number of thiophene rings is 1. The highest BCUT2D eigenvalue weighted by Gasteiger charge is 2.57. The summed E-state index contributed by atoms with van der Waals surface area (Å²) in [7, 11) is 0. The molecule has 5 nitrogen and oxygen atoms in total. The summed E-state index contributed by atoms with van der Waals surface area (Å²) >= 11 is 1.69. The molecule has 1 amide bonds. The molecule has 3 aliphatic rings. The van der Waals surface area contributed by atoms with Crippen LogP contribution in [-0.2, 0) is 20.8 Å². The maximum atomic E-state index is 12.9. The molecule has 3 heterocycles. The fourth-order valence-electron chi connectivity index (χ4n) is 4.29. The number of ether oxygens (including phenoxy) is 2. The summed E-state index contributed by atoms with van der Waals surface area (Å²) in [5.41, 5.74) is 1.59. The lowest BCUT2D eigenvalue weighted by Crippen LogP contribution is -2.40. The molecule has 2 atom stereocenters. The molecule has 1 N–H and O–H groups in total. The Kier molecular flexibility index (Phi) is 5.41. The van der Waals surface area contributed by atoms with E-state index in [0.717, 1.165) is 45.7 Å². The lowest BCUT2D eigenvalue weighted by molar-refractivity contribution is -0.138. The summed E-state index contributed by atoms with van der Waals surface area (Å²) in [5, 5.41) is 7.67. The molecule has 0 aromatic carbocycles. The van der Waals surface area contributed by atoms with Crippen LogP contribution < -0.4 is 5.32 Å². The van der Waals surface area contributed by atoms with E-state index in [1.54, 1.807) is 11.3 Å². The predicted molar refractivity (Wildman–Crippen MR) is 97.6 cm³/mol. The first-order valence-electron chi connectivity index (χ1n) is 9.44. The summed E-state index contributed by atoms with van der Waals surface area (Å²) < 4.78 is 11.1. The second kappa shape index (κ2) is 7.74. The Hall–Kier alpha value is -0.950. The summed E-state index contributed by atoms with van der Waals surface area (Å²) in [5.74, 6) is 0.598. The van der Waals surface area contributed by atoms with Crippen LogP contribution in [0.4, 0.5) is 0 Å². The molecule has 0 radical (unpaired) electrons. The van der Waals surface area contributed by atoms with Gasteiger partial charge in [0, 0.05) is 25.1 Å². The molecule has 1 saturated carbocycles. The van der Waals surface area contributed by atoms with Gasteiger partial charge in [0.25, 0.3) is 0 Å². The molecule has 1 aromatic rings. The average molecular weight is 365 g/mol. The van der Waals surface area contributed by atoms with Crippen molar-refractivity contribution in [1.82, 2.24) is 10.2 Å². The second-order valence-corrected chi connectivity index (χ2v) is 8.51. The standard InChI is InChI=1S/C19H28N2O3S/c22-18(13-24-12-16-1-7-23-11-16)21(10-15-2-8-25-14-15)17-9-19(17)3-5-20-6-4-19/h2,8,14,16-17,20H,1,3-7,9-13H2/t16-,17+/m1/s1. The van der Waals surface area contributed by atoms with Crippen molar-refractivity contribution in [3.8, 4) is 0 Å². The topological polar surface area (TPSA) is 50.8 Å². The van der Waals surface area contributed by atoms with Crippen molar-refractivity contribution < 1.29 is 14.3 Å². The number of piperidine rings is 1. The third kappa shape index (κ3) is 4.08. The van der Waals surface area contributed by atoms with E-state index in [1.807, 2.05) is 0 Å². The van der Waals surface area contributed by atoms with Gasteiger partial charge in [0.2, 0.25) is 5.91 Å². The molecule has 1 aromatic heterocycles. The zero-order valence-corrected chi connectivity index (χ0v) is 15.6. The van der Waals surface area contributed by atoms with E-state index in [2.05, 4.69) is 27.0 Å². The average Bonchev–Trinajstić information content (AvgIpc) is 3.07. The summed E-state index contributed by atoms with van der Waals surface area (Å²) in [6, 6.07) is 2.51. The molecule has 1 aliphatic carbocycles. The first-order valence-corrected chi connectivity index (χ1v) is 10.4. The molecule has 138 valence electrons. The smallest absolute Gasteiger partial charge is 0.249 e. The Balaban J connectivity index is 1.35. The highest BCUT2D eigenvalue weighted by atomic mass is 32.1. The fourth-order valence-corrected chi connectivity index (χ4v) is 4.95. The van der Waals surface area contributed by atoms with Crippen LogP contribution >= 0.6 is 11.3 Å². The van der Waals surface area contributed by atoms with Crippen LogP contribution in [0.1, 0.15) is 31.2 Å². The largest absolute Gasteiger partial charge is 0.381 e. The Labute approximate surface area is 153 Å². The predicted octanol–water partition coefficient (Wildman–Crippen LogP) is 2.27. The Morgan fingerprint density at radius 2 is 2.32 bits per heavy atom.